The van der Waals surface area contributed by atoms with Crippen LogP contribution in [0.25, 0.3) is 110 Å². The normalized spacial score (nSPS) is 11.7. The van der Waals surface area contributed by atoms with E-state index in [2.05, 4.69) is 191 Å². The van der Waals surface area contributed by atoms with E-state index >= 15 is 0 Å². The Balaban J connectivity index is 1.18. The van der Waals surface area contributed by atoms with Crippen LogP contribution in [0.1, 0.15) is 0 Å². The molecule has 0 spiro atoms. The highest BCUT2D eigenvalue weighted by Crippen LogP contribution is 2.43. The number of para-hydroxylation sites is 3. The van der Waals surface area contributed by atoms with Crippen molar-refractivity contribution in [3.05, 3.63) is 194 Å². The molecule has 0 saturated carbocycles. The molecule has 0 aliphatic carbocycles. The van der Waals surface area contributed by atoms with E-state index in [1.54, 1.807) is 11.3 Å². The van der Waals surface area contributed by atoms with Gasteiger partial charge in [0.1, 0.15) is 0 Å². The first-order chi connectivity index (χ1) is 29.2. The largest absolute Gasteiger partial charge is 0.283 e. The third kappa shape index (κ3) is 5.47. The zero-order valence-corrected chi connectivity index (χ0v) is 32.4. The van der Waals surface area contributed by atoms with Gasteiger partial charge in [0.25, 0.3) is 0 Å². The highest BCUT2D eigenvalue weighted by molar-refractivity contribution is 7.20. The summed E-state index contributed by atoms with van der Waals surface area (Å²) in [5, 5.41) is 5.43. The quantitative estimate of drug-likeness (QED) is 0.169. The van der Waals surface area contributed by atoms with Gasteiger partial charge < -0.3 is 0 Å². The number of rotatable bonds is 6. The van der Waals surface area contributed by atoms with E-state index in [9.17, 15) is 0 Å². The molecule has 0 N–H and O–H groups in total. The Morgan fingerprint density at radius 2 is 0.814 bits per heavy atom. The zero-order chi connectivity index (χ0) is 38.9. The molecule has 8 aromatic carbocycles. The molecule has 0 fully saturated rings. The van der Waals surface area contributed by atoms with Crippen LogP contribution in [0, 0.1) is 0 Å². The van der Waals surface area contributed by atoms with Crippen LogP contribution >= 0.6 is 11.3 Å². The Bertz CT molecular complexity index is 3430. The van der Waals surface area contributed by atoms with Crippen molar-refractivity contribution in [1.82, 2.24) is 29.1 Å². The van der Waals surface area contributed by atoms with Crippen LogP contribution in [-0.4, -0.2) is 29.1 Å². The minimum Gasteiger partial charge on any atom is -0.283 e. The zero-order valence-electron chi connectivity index (χ0n) is 31.6. The predicted molar refractivity (Wildman–Crippen MR) is 243 cm³/mol. The van der Waals surface area contributed by atoms with Crippen molar-refractivity contribution in [2.45, 2.75) is 0 Å². The third-order valence-corrected chi connectivity index (χ3v) is 12.2. The fraction of sp³-hybridized carbons (Fsp3) is 0. The van der Waals surface area contributed by atoms with Crippen LogP contribution in [0.15, 0.2) is 194 Å². The fourth-order valence-electron chi connectivity index (χ4n) is 8.52. The summed E-state index contributed by atoms with van der Waals surface area (Å²) in [6, 6.07) is 67.9. The summed E-state index contributed by atoms with van der Waals surface area (Å²) in [6.07, 6.45) is 0. The van der Waals surface area contributed by atoms with Crippen molar-refractivity contribution in [1.29, 1.82) is 0 Å². The summed E-state index contributed by atoms with van der Waals surface area (Å²) in [4.78, 5) is 21.3. The van der Waals surface area contributed by atoms with Crippen LogP contribution < -0.4 is 0 Å². The Labute approximate surface area is 343 Å². The number of fused-ring (bicyclic) bond motifs is 8. The van der Waals surface area contributed by atoms with Gasteiger partial charge in [-0.3, -0.25) is 9.13 Å². The third-order valence-electron chi connectivity index (χ3n) is 11.2. The van der Waals surface area contributed by atoms with E-state index in [0.29, 0.717) is 17.6 Å². The second kappa shape index (κ2) is 13.4. The molecule has 12 aromatic rings. The van der Waals surface area contributed by atoms with E-state index in [1.807, 2.05) is 12.1 Å². The van der Waals surface area contributed by atoms with Gasteiger partial charge in [0.05, 0.1) is 32.3 Å². The van der Waals surface area contributed by atoms with E-state index in [1.165, 1.54) is 0 Å². The number of hydrogen-bond acceptors (Lipinski definition) is 5. The Morgan fingerprint density at radius 3 is 1.41 bits per heavy atom. The SMILES string of the molecule is c1ccc(-c2cccc(-c3nc(-c4cccc(-c5ccccc5)c4)nc(-n4c5ccccc5c5ccc6c7ccccc7n(-c7nc8ccccc8s7)c6c54)n3)c2)cc1. The second-order valence-electron chi connectivity index (χ2n) is 14.7. The van der Waals surface area contributed by atoms with Gasteiger partial charge in [-0.05, 0) is 58.7 Å². The van der Waals surface area contributed by atoms with Crippen LogP contribution in [-0.2, 0) is 0 Å². The summed E-state index contributed by atoms with van der Waals surface area (Å²) in [7, 11) is 0. The number of nitrogens with zero attached hydrogens (tertiary/aromatic N) is 6. The van der Waals surface area contributed by atoms with Gasteiger partial charge in [-0.15, -0.1) is 0 Å². The molecule has 7 heteroatoms. The molecule has 12 rings (SSSR count). The molecule has 0 aliphatic heterocycles. The molecule has 4 aromatic heterocycles. The Hall–Kier alpha value is -7.74. The summed E-state index contributed by atoms with van der Waals surface area (Å²) in [6.45, 7) is 0. The van der Waals surface area contributed by atoms with E-state index < -0.39 is 0 Å². The van der Waals surface area contributed by atoms with Crippen molar-refractivity contribution in [3.8, 4) is 56.1 Å². The van der Waals surface area contributed by atoms with Crippen LogP contribution in [0.2, 0.25) is 0 Å². The highest BCUT2D eigenvalue weighted by atomic mass is 32.1. The van der Waals surface area contributed by atoms with Crippen LogP contribution in [0.5, 0.6) is 0 Å². The van der Waals surface area contributed by atoms with E-state index in [0.717, 1.165) is 92.3 Å². The maximum Gasteiger partial charge on any atom is 0.238 e. The molecule has 6 nitrogen and oxygen atoms in total. The van der Waals surface area contributed by atoms with Gasteiger partial charge in [0.2, 0.25) is 5.95 Å². The molecule has 0 radical (unpaired) electrons. The summed E-state index contributed by atoms with van der Waals surface area (Å²) >= 11 is 1.70. The lowest BCUT2D eigenvalue weighted by atomic mass is 10.0. The van der Waals surface area contributed by atoms with Gasteiger partial charge in [-0.25, -0.2) is 9.97 Å². The van der Waals surface area contributed by atoms with Crippen LogP contribution in [0.3, 0.4) is 0 Å². The molecule has 0 aliphatic rings. The van der Waals surface area contributed by atoms with Gasteiger partial charge in [0, 0.05) is 32.7 Å². The molecule has 0 saturated heterocycles. The van der Waals surface area contributed by atoms with Crippen molar-refractivity contribution < 1.29 is 0 Å². The average molecular weight is 773 g/mol. The lowest BCUT2D eigenvalue weighted by molar-refractivity contribution is 0.953. The summed E-state index contributed by atoms with van der Waals surface area (Å²) in [5.74, 6) is 1.73. The second-order valence-corrected chi connectivity index (χ2v) is 15.7. The lowest BCUT2D eigenvalue weighted by Crippen LogP contribution is -2.07. The topological polar surface area (TPSA) is 61.4 Å². The van der Waals surface area contributed by atoms with Gasteiger partial charge >= 0.3 is 0 Å². The minimum atomic E-state index is 0.542. The fourth-order valence-corrected chi connectivity index (χ4v) is 9.51. The number of thiazole rings is 1. The molecule has 0 unspecified atom stereocenters. The molecular weight excluding hydrogens is 741 g/mol. The molecule has 276 valence electrons. The molecular formula is C52H32N6S. The number of hydrogen-bond donors (Lipinski definition) is 0. The van der Waals surface area contributed by atoms with E-state index in [-0.39, 0.29) is 0 Å². The van der Waals surface area contributed by atoms with Crippen molar-refractivity contribution >= 4 is 65.2 Å². The number of aromatic nitrogens is 6. The maximum atomic E-state index is 5.40. The first-order valence-electron chi connectivity index (χ1n) is 19.6. The summed E-state index contributed by atoms with van der Waals surface area (Å²) in [5.41, 5.74) is 11.4. The molecule has 4 heterocycles. The first-order valence-corrected chi connectivity index (χ1v) is 20.5. The van der Waals surface area contributed by atoms with Crippen molar-refractivity contribution in [3.63, 3.8) is 0 Å². The Morgan fingerprint density at radius 1 is 0.339 bits per heavy atom. The maximum absolute atomic E-state index is 5.40. The molecule has 0 bridgehead atoms. The standard InChI is InChI=1S/C52H32N6S/c1-3-15-33(16-4-1)35-19-13-21-37(31-35)49-54-50(38-22-14-20-36(32-38)34-17-5-2-6-18-34)56-51(55-49)57-44-26-10-7-23-39(44)41-29-30-42-40-24-8-11-27-45(40)58(48(42)47(41)57)52-53-43-25-9-12-28-46(43)59-52/h1-32H. The predicted octanol–water partition coefficient (Wildman–Crippen LogP) is 13.3. The van der Waals surface area contributed by atoms with E-state index in [4.69, 9.17) is 19.9 Å². The number of benzene rings is 8. The highest BCUT2D eigenvalue weighted by Gasteiger charge is 2.24. The van der Waals surface area contributed by atoms with Crippen molar-refractivity contribution in [2.24, 2.45) is 0 Å². The lowest BCUT2D eigenvalue weighted by Gasteiger charge is -2.13. The van der Waals surface area contributed by atoms with Gasteiger partial charge in [-0.2, -0.15) is 9.97 Å². The smallest absolute Gasteiger partial charge is 0.238 e. The molecule has 59 heavy (non-hydrogen) atoms. The molecule has 0 atom stereocenters. The average Bonchev–Trinajstić information content (AvgIpc) is 4.00. The summed E-state index contributed by atoms with van der Waals surface area (Å²) < 4.78 is 5.72. The molecule has 0 amide bonds. The minimum absolute atomic E-state index is 0.542. The van der Waals surface area contributed by atoms with Gasteiger partial charge in [0.15, 0.2) is 16.8 Å². The van der Waals surface area contributed by atoms with Gasteiger partial charge in [-0.1, -0.05) is 169 Å². The van der Waals surface area contributed by atoms with Crippen molar-refractivity contribution in [2.75, 3.05) is 0 Å². The van der Waals surface area contributed by atoms with Crippen LogP contribution in [0.4, 0.5) is 0 Å². The Kier molecular flexibility index (Phi) is 7.61. The monoisotopic (exact) mass is 772 g/mol. The first kappa shape index (κ1) is 33.4.